The molecule has 31 heavy (non-hydrogen) atoms. The fourth-order valence-electron chi connectivity index (χ4n) is 3.92. The quantitative estimate of drug-likeness (QED) is 0.533. The monoisotopic (exact) mass is 417 g/mol. The first-order valence-electron chi connectivity index (χ1n) is 10.1. The molecule has 0 aliphatic heterocycles. The lowest BCUT2D eigenvalue weighted by molar-refractivity contribution is -0.122. The number of nitrogens with zero attached hydrogens (tertiary/aromatic N) is 4. The Hall–Kier alpha value is -3.81. The van der Waals surface area contributed by atoms with E-state index in [1.54, 1.807) is 22.9 Å². The minimum atomic E-state index is -0.336. The molecule has 156 valence electrons. The molecule has 0 fully saturated rings. The van der Waals surface area contributed by atoms with Gasteiger partial charge in [-0.15, -0.1) is 0 Å². The molecule has 0 saturated heterocycles. The fraction of sp³-hybridized carbons (Fsp3) is 0.217. The first-order chi connectivity index (χ1) is 15.1. The molecule has 0 spiro atoms. The maximum atomic E-state index is 13.1. The van der Waals surface area contributed by atoms with Crippen molar-refractivity contribution in [3.05, 3.63) is 77.5 Å². The molecule has 0 radical (unpaired) electrons. The van der Waals surface area contributed by atoms with E-state index in [4.69, 9.17) is 4.52 Å². The second kappa shape index (κ2) is 7.79. The number of hydrogen-bond acceptors (Lipinski definition) is 5. The number of halogens is 1. The maximum absolute atomic E-state index is 13.1. The van der Waals surface area contributed by atoms with Crippen molar-refractivity contribution in [3.63, 3.8) is 0 Å². The van der Waals surface area contributed by atoms with Gasteiger partial charge in [-0.25, -0.2) is 9.37 Å². The van der Waals surface area contributed by atoms with Crippen molar-refractivity contribution in [3.8, 4) is 23.0 Å². The number of benzene rings is 2. The molecule has 2 heterocycles. The van der Waals surface area contributed by atoms with Gasteiger partial charge in [-0.3, -0.25) is 4.79 Å². The minimum Gasteiger partial charge on any atom is -0.348 e. The smallest absolute Gasteiger partial charge is 0.258 e. The van der Waals surface area contributed by atoms with Crippen molar-refractivity contribution < 1.29 is 13.7 Å². The third kappa shape index (κ3) is 3.84. The summed E-state index contributed by atoms with van der Waals surface area (Å²) in [6.45, 7) is 1.97. The SMILES string of the molecule is Cc1nc(-c2noc(-c3ccc(F)cc3)n2)cn1CC(=O)N[C@@H]1CCc2ccccc21. The van der Waals surface area contributed by atoms with Crippen LogP contribution in [0.3, 0.4) is 0 Å². The van der Waals surface area contributed by atoms with Crippen LogP contribution in [0.15, 0.2) is 59.3 Å². The fourth-order valence-corrected chi connectivity index (χ4v) is 3.92. The Balaban J connectivity index is 1.29. The molecule has 8 heteroatoms. The van der Waals surface area contributed by atoms with Gasteiger partial charge in [0.1, 0.15) is 23.9 Å². The van der Waals surface area contributed by atoms with Crippen LogP contribution in [0, 0.1) is 12.7 Å². The molecule has 1 atom stereocenters. The Kier molecular flexibility index (Phi) is 4.82. The molecule has 1 aliphatic rings. The molecule has 2 aromatic carbocycles. The first kappa shape index (κ1) is 19.2. The van der Waals surface area contributed by atoms with Crippen LogP contribution >= 0.6 is 0 Å². The predicted octanol–water partition coefficient (Wildman–Crippen LogP) is 3.85. The average molecular weight is 417 g/mol. The lowest BCUT2D eigenvalue weighted by Crippen LogP contribution is -2.30. The molecule has 1 aliphatic carbocycles. The summed E-state index contributed by atoms with van der Waals surface area (Å²) in [5.41, 5.74) is 3.61. The highest BCUT2D eigenvalue weighted by Gasteiger charge is 2.24. The van der Waals surface area contributed by atoms with Gasteiger partial charge in [0.2, 0.25) is 11.7 Å². The molecule has 4 aromatic rings. The van der Waals surface area contributed by atoms with E-state index in [1.807, 2.05) is 19.1 Å². The molecule has 0 unspecified atom stereocenters. The van der Waals surface area contributed by atoms with Crippen LogP contribution in [0.4, 0.5) is 4.39 Å². The Bertz CT molecular complexity index is 1250. The Morgan fingerprint density at radius 3 is 2.84 bits per heavy atom. The number of nitrogens with one attached hydrogen (secondary N) is 1. The Labute approximate surface area is 177 Å². The zero-order valence-electron chi connectivity index (χ0n) is 16.9. The van der Waals surface area contributed by atoms with E-state index in [0.717, 1.165) is 12.8 Å². The summed E-state index contributed by atoms with van der Waals surface area (Å²) in [5.74, 6) is 0.849. The van der Waals surface area contributed by atoms with Crippen LogP contribution in [0.1, 0.15) is 29.4 Å². The summed E-state index contributed by atoms with van der Waals surface area (Å²) < 4.78 is 20.2. The molecular formula is C23H20FN5O2. The third-order valence-electron chi connectivity index (χ3n) is 5.50. The van der Waals surface area contributed by atoms with E-state index in [-0.39, 0.29) is 30.2 Å². The second-order valence-corrected chi connectivity index (χ2v) is 7.59. The molecule has 5 rings (SSSR count). The summed E-state index contributed by atoms with van der Waals surface area (Å²) in [6, 6.07) is 14.1. The molecule has 7 nitrogen and oxygen atoms in total. The number of imidazole rings is 1. The number of fused-ring (bicyclic) bond motifs is 1. The van der Waals surface area contributed by atoms with Crippen LogP contribution in [0.25, 0.3) is 23.0 Å². The topological polar surface area (TPSA) is 85.8 Å². The van der Waals surface area contributed by atoms with Crippen LogP contribution in [0.5, 0.6) is 0 Å². The van der Waals surface area contributed by atoms with E-state index < -0.39 is 0 Å². The third-order valence-corrected chi connectivity index (χ3v) is 5.50. The van der Waals surface area contributed by atoms with E-state index in [9.17, 15) is 9.18 Å². The van der Waals surface area contributed by atoms with Gasteiger partial charge < -0.3 is 14.4 Å². The first-order valence-corrected chi connectivity index (χ1v) is 10.1. The normalized spacial score (nSPS) is 15.1. The van der Waals surface area contributed by atoms with E-state index >= 15 is 0 Å². The number of aromatic nitrogens is 4. The van der Waals surface area contributed by atoms with Crippen molar-refractivity contribution in [1.29, 1.82) is 0 Å². The zero-order chi connectivity index (χ0) is 21.4. The number of carbonyl (C=O) groups is 1. The molecule has 2 aromatic heterocycles. The van der Waals surface area contributed by atoms with E-state index in [0.29, 0.717) is 22.9 Å². The highest BCUT2D eigenvalue weighted by atomic mass is 19.1. The maximum Gasteiger partial charge on any atom is 0.258 e. The number of aryl methyl sites for hydroxylation is 2. The minimum absolute atomic E-state index is 0.0440. The molecule has 0 saturated carbocycles. The molecule has 0 bridgehead atoms. The van der Waals surface area contributed by atoms with E-state index in [1.165, 1.54) is 23.3 Å². The lowest BCUT2D eigenvalue weighted by Gasteiger charge is -2.14. The number of carbonyl (C=O) groups excluding carboxylic acids is 1. The molecular weight excluding hydrogens is 397 g/mol. The number of rotatable bonds is 5. The summed E-state index contributed by atoms with van der Waals surface area (Å²) in [4.78, 5) is 21.5. The summed E-state index contributed by atoms with van der Waals surface area (Å²) in [7, 11) is 0. The van der Waals surface area contributed by atoms with Gasteiger partial charge in [0.15, 0.2) is 0 Å². The van der Waals surface area contributed by atoms with Gasteiger partial charge in [0.25, 0.3) is 5.89 Å². The molecule has 1 N–H and O–H groups in total. The van der Waals surface area contributed by atoms with Crippen LogP contribution in [-0.2, 0) is 17.8 Å². The largest absolute Gasteiger partial charge is 0.348 e. The van der Waals surface area contributed by atoms with Crippen LogP contribution in [-0.4, -0.2) is 25.6 Å². The van der Waals surface area contributed by atoms with Crippen LogP contribution in [0.2, 0.25) is 0 Å². The van der Waals surface area contributed by atoms with Gasteiger partial charge in [0.05, 0.1) is 6.04 Å². The van der Waals surface area contributed by atoms with Crippen molar-refractivity contribution in [2.45, 2.75) is 32.4 Å². The van der Waals surface area contributed by atoms with Crippen LogP contribution < -0.4 is 5.32 Å². The highest BCUT2D eigenvalue weighted by molar-refractivity contribution is 5.76. The second-order valence-electron chi connectivity index (χ2n) is 7.59. The Morgan fingerprint density at radius 2 is 2.00 bits per heavy atom. The molecule has 1 amide bonds. The number of hydrogen-bond donors (Lipinski definition) is 1. The van der Waals surface area contributed by atoms with Gasteiger partial charge in [-0.2, -0.15) is 4.98 Å². The van der Waals surface area contributed by atoms with Gasteiger partial charge in [-0.05, 0) is 55.2 Å². The van der Waals surface area contributed by atoms with Crippen molar-refractivity contribution in [2.75, 3.05) is 0 Å². The predicted molar refractivity (Wildman–Crippen MR) is 111 cm³/mol. The standard InChI is InChI=1S/C23H20FN5O2/c1-14-25-20(22-27-23(31-28-22)16-6-9-17(24)10-7-16)12-29(14)13-21(30)26-19-11-8-15-4-2-3-5-18(15)19/h2-7,9-10,12,19H,8,11,13H2,1H3,(H,26,30)/t19-/m1/s1. The summed E-state index contributed by atoms with van der Waals surface area (Å²) in [6.07, 6.45) is 3.62. The summed E-state index contributed by atoms with van der Waals surface area (Å²) in [5, 5.41) is 7.09. The highest BCUT2D eigenvalue weighted by Crippen LogP contribution is 2.30. The van der Waals surface area contributed by atoms with Gasteiger partial charge >= 0.3 is 0 Å². The summed E-state index contributed by atoms with van der Waals surface area (Å²) >= 11 is 0. The van der Waals surface area contributed by atoms with E-state index in [2.05, 4.69) is 32.6 Å². The Morgan fingerprint density at radius 1 is 1.19 bits per heavy atom. The van der Waals surface area contributed by atoms with Gasteiger partial charge in [-0.1, -0.05) is 29.4 Å². The van der Waals surface area contributed by atoms with Gasteiger partial charge in [0, 0.05) is 11.8 Å². The average Bonchev–Trinajstić information content (AvgIpc) is 3.49. The van der Waals surface area contributed by atoms with Crippen molar-refractivity contribution >= 4 is 5.91 Å². The number of amides is 1. The lowest BCUT2D eigenvalue weighted by atomic mass is 10.1. The van der Waals surface area contributed by atoms with Crippen molar-refractivity contribution in [1.82, 2.24) is 25.0 Å². The van der Waals surface area contributed by atoms with Crippen molar-refractivity contribution in [2.24, 2.45) is 0 Å². The zero-order valence-corrected chi connectivity index (χ0v) is 16.9.